The summed E-state index contributed by atoms with van der Waals surface area (Å²) in [6.45, 7) is 4.79. The fraction of sp³-hybridized carbons (Fsp3) is 0.500. The zero-order valence-corrected chi connectivity index (χ0v) is 13.1. The van der Waals surface area contributed by atoms with Gasteiger partial charge in [-0.15, -0.1) is 0 Å². The number of nitrogens with one attached hydrogen (secondary N) is 1. The molecule has 2 aromatic heterocycles. The van der Waals surface area contributed by atoms with Crippen molar-refractivity contribution in [1.82, 2.24) is 19.7 Å². The molecule has 7 heteroatoms. The molecule has 6 nitrogen and oxygen atoms in total. The molecule has 1 aliphatic rings. The monoisotopic (exact) mass is 307 g/mol. The third kappa shape index (κ3) is 2.73. The van der Waals surface area contributed by atoms with Gasteiger partial charge in [0.15, 0.2) is 0 Å². The first kappa shape index (κ1) is 14.3. The van der Waals surface area contributed by atoms with Crippen molar-refractivity contribution in [3.8, 4) is 0 Å². The van der Waals surface area contributed by atoms with Crippen LogP contribution in [0.1, 0.15) is 29.5 Å². The number of halogens is 1. The largest absolute Gasteiger partial charge is 0.371 e. The third-order valence-corrected chi connectivity index (χ3v) is 4.07. The molecule has 0 unspecified atom stereocenters. The SMILES string of the molecule is Cc1nn(C)c(C)c1[C@H]1OCC[C@@H]1Nc1ncc(Cl)cn1. The Morgan fingerprint density at radius 2 is 2.05 bits per heavy atom. The molecule has 2 atom stereocenters. The molecule has 1 aliphatic heterocycles. The molecule has 1 saturated heterocycles. The van der Waals surface area contributed by atoms with Gasteiger partial charge in [0.2, 0.25) is 5.95 Å². The summed E-state index contributed by atoms with van der Waals surface area (Å²) in [7, 11) is 1.95. The standard InChI is InChI=1S/C14H18ClN5O/c1-8-12(9(2)20(3)19-8)13-11(4-5-21-13)18-14-16-6-10(15)7-17-14/h6-7,11,13H,4-5H2,1-3H3,(H,16,17,18)/t11-,13-/m0/s1. The summed E-state index contributed by atoms with van der Waals surface area (Å²) in [5.74, 6) is 0.569. The lowest BCUT2D eigenvalue weighted by Gasteiger charge is -2.20. The molecule has 1 N–H and O–H groups in total. The van der Waals surface area contributed by atoms with Gasteiger partial charge in [-0.1, -0.05) is 11.6 Å². The van der Waals surface area contributed by atoms with Crippen LogP contribution in [0.5, 0.6) is 0 Å². The highest BCUT2D eigenvalue weighted by molar-refractivity contribution is 6.30. The Hall–Kier alpha value is -1.66. The van der Waals surface area contributed by atoms with E-state index in [1.165, 1.54) is 0 Å². The Balaban J connectivity index is 1.84. The van der Waals surface area contributed by atoms with E-state index >= 15 is 0 Å². The van der Waals surface area contributed by atoms with Crippen LogP contribution >= 0.6 is 11.6 Å². The number of aromatic nitrogens is 4. The maximum Gasteiger partial charge on any atom is 0.222 e. The molecular formula is C14H18ClN5O. The van der Waals surface area contributed by atoms with Crippen LogP contribution in [-0.2, 0) is 11.8 Å². The van der Waals surface area contributed by atoms with Crippen molar-refractivity contribution in [2.24, 2.45) is 7.05 Å². The molecule has 2 aromatic rings. The molecule has 0 spiro atoms. The summed E-state index contributed by atoms with van der Waals surface area (Å²) >= 11 is 5.81. The Labute approximate surface area is 128 Å². The molecule has 112 valence electrons. The van der Waals surface area contributed by atoms with Gasteiger partial charge in [0.05, 0.1) is 29.2 Å². The second-order valence-corrected chi connectivity index (χ2v) is 5.70. The molecule has 0 saturated carbocycles. The van der Waals surface area contributed by atoms with Gasteiger partial charge in [-0.3, -0.25) is 4.68 Å². The van der Waals surface area contributed by atoms with Gasteiger partial charge in [-0.05, 0) is 20.3 Å². The lowest BCUT2D eigenvalue weighted by atomic mass is 10.0. The normalized spacial score (nSPS) is 21.7. The van der Waals surface area contributed by atoms with E-state index in [0.717, 1.165) is 23.4 Å². The summed E-state index contributed by atoms with van der Waals surface area (Å²) in [4.78, 5) is 8.38. The van der Waals surface area contributed by atoms with Crippen molar-refractivity contribution in [1.29, 1.82) is 0 Å². The van der Waals surface area contributed by atoms with Gasteiger partial charge in [0.25, 0.3) is 0 Å². The van der Waals surface area contributed by atoms with E-state index in [4.69, 9.17) is 16.3 Å². The first-order valence-corrected chi connectivity index (χ1v) is 7.30. The van der Waals surface area contributed by atoms with Crippen molar-refractivity contribution < 1.29 is 4.74 Å². The maximum absolute atomic E-state index is 5.93. The molecule has 3 rings (SSSR count). The fourth-order valence-electron chi connectivity index (χ4n) is 2.78. The zero-order valence-electron chi connectivity index (χ0n) is 12.3. The fourth-order valence-corrected chi connectivity index (χ4v) is 2.87. The van der Waals surface area contributed by atoms with E-state index in [2.05, 4.69) is 27.3 Å². The number of rotatable bonds is 3. The zero-order chi connectivity index (χ0) is 15.0. The second-order valence-electron chi connectivity index (χ2n) is 5.26. The third-order valence-electron chi connectivity index (χ3n) is 3.88. The van der Waals surface area contributed by atoms with E-state index in [9.17, 15) is 0 Å². The Bertz CT molecular complexity index is 640. The van der Waals surface area contributed by atoms with Crippen molar-refractivity contribution in [3.05, 3.63) is 34.4 Å². The smallest absolute Gasteiger partial charge is 0.222 e. The second kappa shape index (κ2) is 5.61. The van der Waals surface area contributed by atoms with Crippen LogP contribution in [0.3, 0.4) is 0 Å². The minimum Gasteiger partial charge on any atom is -0.371 e. The first-order chi connectivity index (χ1) is 10.1. The number of hydrogen-bond acceptors (Lipinski definition) is 5. The van der Waals surface area contributed by atoms with E-state index in [1.54, 1.807) is 12.4 Å². The number of aryl methyl sites for hydroxylation is 2. The maximum atomic E-state index is 5.93. The van der Waals surface area contributed by atoms with Crippen LogP contribution < -0.4 is 5.32 Å². The summed E-state index contributed by atoms with van der Waals surface area (Å²) in [6.07, 6.45) is 4.05. The quantitative estimate of drug-likeness (QED) is 0.943. The minimum absolute atomic E-state index is 0.0296. The van der Waals surface area contributed by atoms with Crippen LogP contribution in [0.25, 0.3) is 0 Å². The lowest BCUT2D eigenvalue weighted by molar-refractivity contribution is 0.106. The predicted octanol–water partition coefficient (Wildman–Crippen LogP) is 2.42. The van der Waals surface area contributed by atoms with E-state index < -0.39 is 0 Å². The lowest BCUT2D eigenvalue weighted by Crippen LogP contribution is -2.25. The van der Waals surface area contributed by atoms with Crippen LogP contribution in [0.2, 0.25) is 5.02 Å². The summed E-state index contributed by atoms with van der Waals surface area (Å²) in [6, 6.07) is 0.132. The van der Waals surface area contributed by atoms with Crippen LogP contribution in [0.15, 0.2) is 12.4 Å². The van der Waals surface area contributed by atoms with Crippen molar-refractivity contribution in [2.75, 3.05) is 11.9 Å². The molecular weight excluding hydrogens is 290 g/mol. The predicted molar refractivity (Wildman–Crippen MR) is 80.4 cm³/mol. The topological polar surface area (TPSA) is 64.9 Å². The minimum atomic E-state index is -0.0296. The molecule has 3 heterocycles. The van der Waals surface area contributed by atoms with E-state index in [0.29, 0.717) is 17.6 Å². The highest BCUT2D eigenvalue weighted by atomic mass is 35.5. The number of anilines is 1. The van der Waals surface area contributed by atoms with E-state index in [1.807, 2.05) is 18.7 Å². The first-order valence-electron chi connectivity index (χ1n) is 6.92. The molecule has 0 aliphatic carbocycles. The van der Waals surface area contributed by atoms with Crippen LogP contribution in [0.4, 0.5) is 5.95 Å². The number of hydrogen-bond donors (Lipinski definition) is 1. The number of nitrogens with zero attached hydrogens (tertiary/aromatic N) is 4. The van der Waals surface area contributed by atoms with E-state index in [-0.39, 0.29) is 12.1 Å². The van der Waals surface area contributed by atoms with Crippen molar-refractivity contribution in [2.45, 2.75) is 32.4 Å². The van der Waals surface area contributed by atoms with Gasteiger partial charge >= 0.3 is 0 Å². The average Bonchev–Trinajstić information content (AvgIpc) is 2.98. The average molecular weight is 308 g/mol. The highest BCUT2D eigenvalue weighted by Gasteiger charge is 2.34. The molecule has 21 heavy (non-hydrogen) atoms. The van der Waals surface area contributed by atoms with Crippen LogP contribution in [-0.4, -0.2) is 32.4 Å². The summed E-state index contributed by atoms with van der Waals surface area (Å²) < 4.78 is 7.82. The Kier molecular flexibility index (Phi) is 3.82. The Morgan fingerprint density at radius 3 is 2.67 bits per heavy atom. The van der Waals surface area contributed by atoms with Gasteiger partial charge in [0, 0.05) is 24.9 Å². The molecule has 0 amide bonds. The molecule has 0 radical (unpaired) electrons. The van der Waals surface area contributed by atoms with Gasteiger partial charge in [-0.2, -0.15) is 5.10 Å². The van der Waals surface area contributed by atoms with Crippen molar-refractivity contribution >= 4 is 17.5 Å². The van der Waals surface area contributed by atoms with Crippen molar-refractivity contribution in [3.63, 3.8) is 0 Å². The molecule has 0 aromatic carbocycles. The van der Waals surface area contributed by atoms with Gasteiger partial charge in [-0.25, -0.2) is 9.97 Å². The number of ether oxygens (including phenoxy) is 1. The van der Waals surface area contributed by atoms with Gasteiger partial charge in [0.1, 0.15) is 6.10 Å². The highest BCUT2D eigenvalue weighted by Crippen LogP contribution is 2.34. The summed E-state index contributed by atoms with van der Waals surface area (Å²) in [5, 5.41) is 8.33. The molecule has 1 fully saturated rings. The summed E-state index contributed by atoms with van der Waals surface area (Å²) in [5.41, 5.74) is 3.29. The van der Waals surface area contributed by atoms with Crippen LogP contribution in [0, 0.1) is 13.8 Å². The molecule has 0 bridgehead atoms. The Morgan fingerprint density at radius 1 is 1.33 bits per heavy atom. The van der Waals surface area contributed by atoms with Gasteiger partial charge < -0.3 is 10.1 Å².